The lowest BCUT2D eigenvalue weighted by atomic mass is 10.2. The zero-order valence-electron chi connectivity index (χ0n) is 13.7. The van der Waals surface area contributed by atoms with E-state index in [9.17, 15) is 4.79 Å². The van der Waals surface area contributed by atoms with Crippen LogP contribution < -0.4 is 10.1 Å². The lowest BCUT2D eigenvalue weighted by Gasteiger charge is -2.07. The molecular weight excluding hydrogens is 390 g/mol. The van der Waals surface area contributed by atoms with E-state index in [0.717, 1.165) is 12.1 Å². The molecule has 3 rings (SSSR count). The quantitative estimate of drug-likeness (QED) is 0.677. The summed E-state index contributed by atoms with van der Waals surface area (Å²) in [5, 5.41) is 10.8. The van der Waals surface area contributed by atoms with E-state index >= 15 is 0 Å². The molecule has 1 aromatic carbocycles. The summed E-state index contributed by atoms with van der Waals surface area (Å²) < 4.78 is 12.8. The maximum Gasteiger partial charge on any atom is 0.252 e. The number of nitrogens with one attached hydrogen (secondary N) is 1. The summed E-state index contributed by atoms with van der Waals surface area (Å²) in [4.78, 5) is 16.6. The first-order valence-electron chi connectivity index (χ1n) is 7.58. The molecule has 0 saturated heterocycles. The fraction of sp³-hybridized carbons (Fsp3) is 0.250. The molecule has 0 spiro atoms. The van der Waals surface area contributed by atoms with Crippen molar-refractivity contribution in [2.24, 2.45) is 0 Å². The summed E-state index contributed by atoms with van der Waals surface area (Å²) in [6.45, 7) is 2.87. The number of aryl methyl sites for hydroxylation is 1. The molecule has 0 aliphatic heterocycles. The van der Waals surface area contributed by atoms with Crippen LogP contribution in [0.2, 0.25) is 0 Å². The summed E-state index contributed by atoms with van der Waals surface area (Å²) in [5.74, 6) is 1.07. The Morgan fingerprint density at radius 2 is 2.28 bits per heavy atom. The van der Waals surface area contributed by atoms with Gasteiger partial charge in [-0.25, -0.2) is 0 Å². The third kappa shape index (κ3) is 3.87. The minimum Gasteiger partial charge on any atom is -0.497 e. The number of methoxy groups -OCH3 is 1. The Bertz CT molecular complexity index is 890. The molecule has 0 aliphatic carbocycles. The van der Waals surface area contributed by atoms with Crippen LogP contribution in [0.3, 0.4) is 0 Å². The first-order chi connectivity index (χ1) is 12.1. The second-order valence-electron chi connectivity index (χ2n) is 5.12. The van der Waals surface area contributed by atoms with Crippen LogP contribution in [0, 0.1) is 0 Å². The van der Waals surface area contributed by atoms with Gasteiger partial charge in [-0.3, -0.25) is 9.48 Å². The second-order valence-corrected chi connectivity index (χ2v) is 5.98. The molecule has 130 valence electrons. The van der Waals surface area contributed by atoms with Crippen LogP contribution >= 0.6 is 15.9 Å². The molecule has 1 amide bonds. The molecule has 0 bridgehead atoms. The van der Waals surface area contributed by atoms with E-state index in [1.54, 1.807) is 36.2 Å². The Kier molecular flexibility index (Phi) is 5.13. The van der Waals surface area contributed by atoms with E-state index in [4.69, 9.17) is 9.26 Å². The third-order valence-corrected chi connectivity index (χ3v) is 4.19. The number of ether oxygens (including phenoxy) is 1. The summed E-state index contributed by atoms with van der Waals surface area (Å²) >= 11 is 3.35. The van der Waals surface area contributed by atoms with E-state index in [1.165, 1.54) is 0 Å². The number of amides is 1. The molecule has 0 saturated carbocycles. The van der Waals surface area contributed by atoms with Gasteiger partial charge in [-0.15, -0.1) is 0 Å². The molecule has 8 nitrogen and oxygen atoms in total. The van der Waals surface area contributed by atoms with E-state index in [0.29, 0.717) is 27.5 Å². The summed E-state index contributed by atoms with van der Waals surface area (Å²) in [6, 6.07) is 5.17. The number of hydrogen-bond acceptors (Lipinski definition) is 6. The Balaban J connectivity index is 1.67. The molecule has 0 atom stereocenters. The molecule has 3 aromatic rings. The molecule has 1 N–H and O–H groups in total. The summed E-state index contributed by atoms with van der Waals surface area (Å²) in [5.41, 5.74) is 1.22. The van der Waals surface area contributed by atoms with Crippen molar-refractivity contribution < 1.29 is 14.1 Å². The molecule has 0 aliphatic rings. The van der Waals surface area contributed by atoms with Crippen molar-refractivity contribution in [3.8, 4) is 17.1 Å². The van der Waals surface area contributed by atoms with Crippen molar-refractivity contribution in [3.05, 3.63) is 46.5 Å². The van der Waals surface area contributed by atoms with Crippen LogP contribution in [0.4, 0.5) is 0 Å². The molecular formula is C16H16BrN5O3. The van der Waals surface area contributed by atoms with Gasteiger partial charge in [0.05, 0.1) is 31.0 Å². The lowest BCUT2D eigenvalue weighted by Crippen LogP contribution is -2.23. The van der Waals surface area contributed by atoms with Crippen molar-refractivity contribution in [2.45, 2.75) is 20.0 Å². The topological polar surface area (TPSA) is 95.1 Å². The number of aromatic nitrogens is 4. The highest BCUT2D eigenvalue weighted by Gasteiger charge is 2.14. The average molecular weight is 406 g/mol. The van der Waals surface area contributed by atoms with E-state index in [2.05, 4.69) is 36.5 Å². The van der Waals surface area contributed by atoms with E-state index < -0.39 is 0 Å². The van der Waals surface area contributed by atoms with Crippen LogP contribution in [0.1, 0.15) is 23.2 Å². The van der Waals surface area contributed by atoms with E-state index in [-0.39, 0.29) is 12.5 Å². The van der Waals surface area contributed by atoms with Gasteiger partial charge in [0.1, 0.15) is 5.75 Å². The van der Waals surface area contributed by atoms with Gasteiger partial charge < -0.3 is 14.6 Å². The lowest BCUT2D eigenvalue weighted by molar-refractivity contribution is 0.0945. The normalized spacial score (nSPS) is 10.7. The van der Waals surface area contributed by atoms with Crippen molar-refractivity contribution in [1.82, 2.24) is 25.2 Å². The highest BCUT2D eigenvalue weighted by molar-refractivity contribution is 9.10. The minimum absolute atomic E-state index is 0.122. The van der Waals surface area contributed by atoms with Crippen LogP contribution in [-0.2, 0) is 13.1 Å². The smallest absolute Gasteiger partial charge is 0.252 e. The zero-order valence-corrected chi connectivity index (χ0v) is 15.3. The van der Waals surface area contributed by atoms with Gasteiger partial charge in [0.25, 0.3) is 5.91 Å². The maximum absolute atomic E-state index is 12.3. The minimum atomic E-state index is -0.274. The number of carbonyl (C=O) groups excluding carboxylic acids is 1. The SMILES string of the molecule is CCn1cc(-c2noc(CNC(=O)c3cc(OC)ccc3Br)n2)cn1. The fourth-order valence-electron chi connectivity index (χ4n) is 2.15. The van der Waals surface area contributed by atoms with E-state index in [1.807, 2.05) is 13.1 Å². The van der Waals surface area contributed by atoms with Gasteiger partial charge in [0, 0.05) is 17.2 Å². The van der Waals surface area contributed by atoms with Gasteiger partial charge >= 0.3 is 0 Å². The second kappa shape index (κ2) is 7.47. The van der Waals surface area contributed by atoms with Gasteiger partial charge in [0.15, 0.2) is 0 Å². The number of rotatable bonds is 6. The summed E-state index contributed by atoms with van der Waals surface area (Å²) in [7, 11) is 1.55. The maximum atomic E-state index is 12.3. The van der Waals surface area contributed by atoms with Gasteiger partial charge in [-0.1, -0.05) is 5.16 Å². The number of halogens is 1. The van der Waals surface area contributed by atoms with Crippen LogP contribution in [-0.4, -0.2) is 32.9 Å². The van der Waals surface area contributed by atoms with Crippen LogP contribution in [0.15, 0.2) is 39.6 Å². The highest BCUT2D eigenvalue weighted by Crippen LogP contribution is 2.22. The molecule has 9 heteroatoms. The van der Waals surface area contributed by atoms with Crippen LogP contribution in [0.25, 0.3) is 11.4 Å². The largest absolute Gasteiger partial charge is 0.497 e. The molecule has 25 heavy (non-hydrogen) atoms. The van der Waals surface area contributed by atoms with Crippen molar-refractivity contribution >= 4 is 21.8 Å². The van der Waals surface area contributed by atoms with Crippen molar-refractivity contribution in [3.63, 3.8) is 0 Å². The monoisotopic (exact) mass is 405 g/mol. The van der Waals surface area contributed by atoms with Gasteiger partial charge in [-0.2, -0.15) is 10.1 Å². The molecule has 0 radical (unpaired) electrons. The molecule has 2 heterocycles. The van der Waals surface area contributed by atoms with Crippen LogP contribution in [0.5, 0.6) is 5.75 Å². The molecule has 2 aromatic heterocycles. The predicted molar refractivity (Wildman–Crippen MR) is 93.1 cm³/mol. The molecule has 0 fully saturated rings. The Hall–Kier alpha value is -2.68. The highest BCUT2D eigenvalue weighted by atomic mass is 79.9. The standard InChI is InChI=1S/C16H16BrN5O3/c1-3-22-9-10(7-19-22)15-20-14(25-21-15)8-18-16(23)12-6-11(24-2)4-5-13(12)17/h4-7,9H,3,8H2,1-2H3,(H,18,23). The Labute approximate surface area is 152 Å². The number of nitrogens with zero attached hydrogens (tertiary/aromatic N) is 4. The predicted octanol–water partition coefficient (Wildman–Crippen LogP) is 2.65. The number of carbonyl (C=O) groups is 1. The number of hydrogen-bond donors (Lipinski definition) is 1. The first-order valence-corrected chi connectivity index (χ1v) is 8.37. The summed E-state index contributed by atoms with van der Waals surface area (Å²) in [6.07, 6.45) is 3.50. The van der Waals surface area contributed by atoms with Crippen molar-refractivity contribution in [1.29, 1.82) is 0 Å². The Morgan fingerprint density at radius 1 is 1.44 bits per heavy atom. The number of benzene rings is 1. The Morgan fingerprint density at radius 3 is 3.00 bits per heavy atom. The van der Waals surface area contributed by atoms with Gasteiger partial charge in [0.2, 0.25) is 11.7 Å². The third-order valence-electron chi connectivity index (χ3n) is 3.50. The van der Waals surface area contributed by atoms with Crippen molar-refractivity contribution in [2.75, 3.05) is 7.11 Å². The average Bonchev–Trinajstić information content (AvgIpc) is 3.29. The molecule has 0 unspecified atom stereocenters. The zero-order chi connectivity index (χ0) is 17.8. The fourth-order valence-corrected chi connectivity index (χ4v) is 2.58. The van der Waals surface area contributed by atoms with Gasteiger partial charge in [-0.05, 0) is 41.1 Å². The first kappa shape index (κ1) is 17.2.